The number of carboxylic acids is 1. The molecule has 37 heavy (non-hydrogen) atoms. The molecule has 1 N–H and O–H groups in total. The van der Waals surface area contributed by atoms with Gasteiger partial charge in [0.15, 0.2) is 0 Å². The Bertz CT molecular complexity index is 1360. The van der Waals surface area contributed by atoms with Crippen LogP contribution >= 0.6 is 23.1 Å². The van der Waals surface area contributed by atoms with Crippen LogP contribution in [0.25, 0.3) is 16.7 Å². The summed E-state index contributed by atoms with van der Waals surface area (Å²) in [5.74, 6) is -1.58. The van der Waals surface area contributed by atoms with E-state index in [1.54, 1.807) is 54.1 Å². The van der Waals surface area contributed by atoms with Crippen LogP contribution in [0.3, 0.4) is 0 Å². The van der Waals surface area contributed by atoms with Crippen molar-refractivity contribution < 1.29 is 19.1 Å². The normalized spacial score (nSPS) is 12.3. The predicted octanol–water partition coefficient (Wildman–Crippen LogP) is 5.88. The highest BCUT2D eigenvalue weighted by molar-refractivity contribution is 7.99. The molecule has 1 amide bonds. The third-order valence-electron chi connectivity index (χ3n) is 5.65. The number of allylic oxidation sites excluding steroid dienone is 1. The van der Waals surface area contributed by atoms with E-state index in [1.165, 1.54) is 35.2 Å². The molecule has 0 aliphatic heterocycles. The van der Waals surface area contributed by atoms with Gasteiger partial charge < -0.3 is 14.6 Å². The molecule has 4 rings (SSSR count). The SMILES string of the molecule is CSC(CCC(=O)O)N(C=C(Cn1ccnc1)c1nccs1)C(=O)c1ccccc1-c1ccc(F)cc1. The summed E-state index contributed by atoms with van der Waals surface area (Å²) in [7, 11) is 0. The van der Waals surface area contributed by atoms with Crippen molar-refractivity contribution in [3.05, 3.63) is 101 Å². The first-order chi connectivity index (χ1) is 18.0. The third-order valence-corrected chi connectivity index (χ3v) is 7.50. The van der Waals surface area contributed by atoms with E-state index in [1.807, 2.05) is 34.5 Å². The zero-order chi connectivity index (χ0) is 26.2. The molecule has 2 heterocycles. The molecular formula is C27H25FN4O3S2. The average Bonchev–Trinajstić information content (AvgIpc) is 3.62. The molecule has 1 atom stereocenters. The van der Waals surface area contributed by atoms with Gasteiger partial charge in [-0.3, -0.25) is 9.59 Å². The molecule has 190 valence electrons. The first-order valence-corrected chi connectivity index (χ1v) is 13.6. The molecule has 0 fully saturated rings. The Labute approximate surface area is 222 Å². The number of benzene rings is 2. The highest BCUT2D eigenvalue weighted by atomic mass is 32.2. The molecule has 2 aromatic carbocycles. The van der Waals surface area contributed by atoms with Gasteiger partial charge in [0, 0.05) is 47.7 Å². The summed E-state index contributed by atoms with van der Waals surface area (Å²) in [6.07, 6.45) is 10.7. The number of nitrogens with zero attached hydrogens (tertiary/aromatic N) is 4. The fourth-order valence-corrected chi connectivity index (χ4v) is 5.25. The highest BCUT2D eigenvalue weighted by Gasteiger charge is 2.26. The summed E-state index contributed by atoms with van der Waals surface area (Å²) in [4.78, 5) is 35.7. The maximum Gasteiger partial charge on any atom is 0.303 e. The van der Waals surface area contributed by atoms with E-state index < -0.39 is 11.3 Å². The summed E-state index contributed by atoms with van der Waals surface area (Å²) >= 11 is 2.86. The van der Waals surface area contributed by atoms with Crippen molar-refractivity contribution in [1.29, 1.82) is 0 Å². The Morgan fingerprint density at radius 1 is 1.19 bits per heavy atom. The topological polar surface area (TPSA) is 88.3 Å². The number of imidazole rings is 1. The number of carbonyl (C=O) groups excluding carboxylic acids is 1. The zero-order valence-corrected chi connectivity index (χ0v) is 21.7. The minimum absolute atomic E-state index is 0.0865. The number of carbonyl (C=O) groups is 2. The Morgan fingerprint density at radius 2 is 1.97 bits per heavy atom. The number of carboxylic acid groups (broad SMARTS) is 1. The van der Waals surface area contributed by atoms with Crippen molar-refractivity contribution >= 4 is 40.5 Å². The summed E-state index contributed by atoms with van der Waals surface area (Å²) in [6, 6.07) is 13.1. The average molecular weight is 537 g/mol. The Hall–Kier alpha value is -3.76. The Morgan fingerprint density at radius 3 is 2.62 bits per heavy atom. The van der Waals surface area contributed by atoms with Gasteiger partial charge in [-0.05, 0) is 42.0 Å². The largest absolute Gasteiger partial charge is 0.481 e. The van der Waals surface area contributed by atoms with Crippen LogP contribution in [0.15, 0.2) is 85.0 Å². The molecule has 0 bridgehead atoms. The monoisotopic (exact) mass is 536 g/mol. The van der Waals surface area contributed by atoms with Crippen LogP contribution in [0.1, 0.15) is 28.2 Å². The standard InChI is InChI=1S/C27H25FN4O3S2/c1-36-24(10-11-25(33)34)32(17-20(26-30-13-15-37-26)16-31-14-12-29-18-31)27(35)23-5-3-2-4-22(23)19-6-8-21(28)9-7-19/h2-9,12-15,17-18,24H,10-11,16H2,1H3,(H,33,34). The number of rotatable bonds is 11. The van der Waals surface area contributed by atoms with Gasteiger partial charge in [0.05, 0.1) is 18.2 Å². The van der Waals surface area contributed by atoms with Crippen LogP contribution in [-0.2, 0) is 11.3 Å². The van der Waals surface area contributed by atoms with Gasteiger partial charge in [-0.2, -0.15) is 0 Å². The molecule has 10 heteroatoms. The molecule has 0 spiro atoms. The number of aromatic nitrogens is 3. The van der Waals surface area contributed by atoms with Crippen LogP contribution in [-0.4, -0.2) is 48.0 Å². The smallest absolute Gasteiger partial charge is 0.303 e. The highest BCUT2D eigenvalue weighted by Crippen LogP contribution is 2.30. The second-order valence-corrected chi connectivity index (χ2v) is 10.0. The Balaban J connectivity index is 1.80. The van der Waals surface area contributed by atoms with Crippen molar-refractivity contribution in [3.8, 4) is 11.1 Å². The van der Waals surface area contributed by atoms with Crippen molar-refractivity contribution in [3.63, 3.8) is 0 Å². The number of hydrogen-bond acceptors (Lipinski definition) is 6. The predicted molar refractivity (Wildman–Crippen MR) is 144 cm³/mol. The molecule has 4 aromatic rings. The summed E-state index contributed by atoms with van der Waals surface area (Å²) in [5.41, 5.74) is 2.59. The molecule has 1 unspecified atom stereocenters. The van der Waals surface area contributed by atoms with E-state index in [0.29, 0.717) is 23.2 Å². The van der Waals surface area contributed by atoms with Gasteiger partial charge in [-0.25, -0.2) is 14.4 Å². The number of aliphatic carboxylic acids is 1. The van der Waals surface area contributed by atoms with Crippen LogP contribution < -0.4 is 0 Å². The van der Waals surface area contributed by atoms with E-state index in [-0.39, 0.29) is 24.6 Å². The summed E-state index contributed by atoms with van der Waals surface area (Å²) < 4.78 is 15.5. The molecule has 2 aromatic heterocycles. The molecule has 0 saturated carbocycles. The maximum atomic E-state index is 14.2. The van der Waals surface area contributed by atoms with Gasteiger partial charge in [-0.1, -0.05) is 30.3 Å². The molecule has 0 aliphatic carbocycles. The van der Waals surface area contributed by atoms with Crippen LogP contribution in [0.4, 0.5) is 4.39 Å². The van der Waals surface area contributed by atoms with Gasteiger partial charge in [-0.15, -0.1) is 23.1 Å². The fraction of sp³-hybridized carbons (Fsp3) is 0.185. The second-order valence-electron chi connectivity index (χ2n) is 8.11. The summed E-state index contributed by atoms with van der Waals surface area (Å²) in [6.45, 7) is 0.428. The Kier molecular flexibility index (Phi) is 8.86. The second kappa shape index (κ2) is 12.5. The van der Waals surface area contributed by atoms with Crippen LogP contribution in [0, 0.1) is 5.82 Å². The lowest BCUT2D eigenvalue weighted by Gasteiger charge is -2.29. The third kappa shape index (κ3) is 6.72. The molecule has 0 saturated heterocycles. The number of thiazole rings is 1. The number of thioether (sulfide) groups is 1. The first kappa shape index (κ1) is 26.3. The lowest BCUT2D eigenvalue weighted by molar-refractivity contribution is -0.137. The molecule has 7 nitrogen and oxygen atoms in total. The fourth-order valence-electron chi connectivity index (χ4n) is 3.87. The van der Waals surface area contributed by atoms with Crippen molar-refractivity contribution in [2.75, 3.05) is 6.26 Å². The van der Waals surface area contributed by atoms with E-state index in [4.69, 9.17) is 0 Å². The van der Waals surface area contributed by atoms with Gasteiger partial charge >= 0.3 is 5.97 Å². The lowest BCUT2D eigenvalue weighted by atomic mass is 9.98. The van der Waals surface area contributed by atoms with Gasteiger partial charge in [0.25, 0.3) is 5.91 Å². The van der Waals surface area contributed by atoms with E-state index in [0.717, 1.165) is 10.6 Å². The van der Waals surface area contributed by atoms with E-state index in [2.05, 4.69) is 9.97 Å². The molecular weight excluding hydrogens is 511 g/mol. The number of amides is 1. The maximum absolute atomic E-state index is 14.2. The first-order valence-electron chi connectivity index (χ1n) is 11.4. The minimum Gasteiger partial charge on any atom is -0.481 e. The van der Waals surface area contributed by atoms with Crippen LogP contribution in [0.2, 0.25) is 0 Å². The van der Waals surface area contributed by atoms with Gasteiger partial charge in [0.2, 0.25) is 0 Å². The van der Waals surface area contributed by atoms with E-state index in [9.17, 15) is 19.1 Å². The zero-order valence-electron chi connectivity index (χ0n) is 20.0. The lowest BCUT2D eigenvalue weighted by Crippen LogP contribution is -2.35. The molecule has 0 radical (unpaired) electrons. The van der Waals surface area contributed by atoms with E-state index >= 15 is 0 Å². The van der Waals surface area contributed by atoms with Crippen LogP contribution in [0.5, 0.6) is 0 Å². The van der Waals surface area contributed by atoms with Gasteiger partial charge in [0.1, 0.15) is 10.8 Å². The summed E-state index contributed by atoms with van der Waals surface area (Å²) in [5, 5.41) is 11.5. The minimum atomic E-state index is -0.930. The number of halogens is 1. The molecule has 0 aliphatic rings. The number of hydrogen-bond donors (Lipinski definition) is 1. The van der Waals surface area contributed by atoms with Crippen molar-refractivity contribution in [2.24, 2.45) is 0 Å². The quantitative estimate of drug-likeness (QED) is 0.241. The van der Waals surface area contributed by atoms with Crippen molar-refractivity contribution in [1.82, 2.24) is 19.4 Å². The van der Waals surface area contributed by atoms with Crippen molar-refractivity contribution in [2.45, 2.75) is 24.8 Å².